The fourth-order valence-corrected chi connectivity index (χ4v) is 3.04. The molecule has 0 fully saturated rings. The summed E-state index contributed by atoms with van der Waals surface area (Å²) in [5.74, 6) is -1.20. The highest BCUT2D eigenvalue weighted by Crippen LogP contribution is 2.39. The van der Waals surface area contributed by atoms with Crippen molar-refractivity contribution in [3.05, 3.63) is 69.2 Å². The number of halogens is 8. The van der Waals surface area contributed by atoms with E-state index in [1.165, 1.54) is 0 Å². The highest BCUT2D eigenvalue weighted by molar-refractivity contribution is 6.34. The van der Waals surface area contributed by atoms with Crippen LogP contribution in [-0.2, 0) is 10.9 Å². The number of nitrogens with one attached hydrogen (secondary N) is 1. The van der Waals surface area contributed by atoms with Crippen molar-refractivity contribution in [2.24, 2.45) is 0 Å². The van der Waals surface area contributed by atoms with Gasteiger partial charge in [-0.2, -0.15) is 26.3 Å². The fraction of sp³-hybridized carbons (Fsp3) is 0.273. The predicted octanol–water partition coefficient (Wildman–Crippen LogP) is 8.19. The Balaban J connectivity index is 2.49. The number of carbonyl (C=O) groups excluding carboxylic acids is 2. The van der Waals surface area contributed by atoms with Crippen molar-refractivity contribution in [1.29, 1.82) is 0 Å². The maximum Gasteiger partial charge on any atom is 0.417 e. The lowest BCUT2D eigenvalue weighted by molar-refractivity contribution is -0.137. The van der Waals surface area contributed by atoms with Gasteiger partial charge in [0, 0.05) is 10.6 Å². The third-order valence-electron chi connectivity index (χ3n) is 4.00. The number of benzene rings is 2. The van der Waals surface area contributed by atoms with Crippen LogP contribution in [-0.4, -0.2) is 23.7 Å². The Morgan fingerprint density at radius 1 is 0.912 bits per heavy atom. The number of hydrogen-bond donors (Lipinski definition) is 1. The van der Waals surface area contributed by atoms with Crippen LogP contribution in [0.5, 0.6) is 0 Å². The second kappa shape index (κ2) is 9.87. The highest BCUT2D eigenvalue weighted by Gasteiger charge is 2.38. The molecule has 0 aliphatic carbocycles. The number of alkyl halides is 6. The van der Waals surface area contributed by atoms with Crippen molar-refractivity contribution in [3.8, 4) is 0 Å². The van der Waals surface area contributed by atoms with E-state index in [1.54, 1.807) is 20.8 Å². The van der Waals surface area contributed by atoms with E-state index in [1.807, 2.05) is 0 Å². The molecule has 0 heterocycles. The summed E-state index contributed by atoms with van der Waals surface area (Å²) in [6, 6.07) is 4.64. The molecule has 4 nitrogen and oxygen atoms in total. The van der Waals surface area contributed by atoms with Crippen molar-refractivity contribution in [2.45, 2.75) is 38.7 Å². The maximum atomic E-state index is 13.7. The van der Waals surface area contributed by atoms with Gasteiger partial charge in [-0.15, -0.1) is 0 Å². The molecule has 1 N–H and O–H groups in total. The first-order valence-corrected chi connectivity index (χ1v) is 10.1. The molecule has 184 valence electrons. The molecule has 0 aliphatic heterocycles. The number of amides is 1. The van der Waals surface area contributed by atoms with Gasteiger partial charge >= 0.3 is 18.4 Å². The van der Waals surface area contributed by atoms with Crippen LogP contribution < -0.4 is 5.32 Å². The Hall–Kier alpha value is -2.72. The molecule has 34 heavy (non-hydrogen) atoms. The number of rotatable bonds is 4. The van der Waals surface area contributed by atoms with Crippen LogP contribution in [0.2, 0.25) is 10.0 Å². The third kappa shape index (κ3) is 7.66. The van der Waals surface area contributed by atoms with E-state index in [2.05, 4.69) is 5.32 Å². The van der Waals surface area contributed by atoms with Gasteiger partial charge in [0.25, 0.3) is 0 Å². The Bertz CT molecular complexity index is 1130. The van der Waals surface area contributed by atoms with Crippen molar-refractivity contribution < 1.29 is 40.7 Å². The minimum Gasteiger partial charge on any atom is -0.444 e. The predicted molar refractivity (Wildman–Crippen MR) is 116 cm³/mol. The standard InChI is InChI=1S/C22H17Cl2F6NO3/c1-20(2,3)34-19(33)31-17-8-11(4-5-16(17)24)18(32)10-15(22(28,29)30)12-6-13(21(25,26)27)9-14(23)7-12/h4-10H,1-3H3,(H,31,33). The summed E-state index contributed by atoms with van der Waals surface area (Å²) >= 11 is 11.6. The van der Waals surface area contributed by atoms with Gasteiger partial charge in [-0.05, 0) is 68.8 Å². The molecule has 0 saturated carbocycles. The van der Waals surface area contributed by atoms with E-state index in [9.17, 15) is 35.9 Å². The minimum absolute atomic E-state index is 0.0351. The van der Waals surface area contributed by atoms with E-state index in [-0.39, 0.29) is 28.4 Å². The van der Waals surface area contributed by atoms with E-state index >= 15 is 0 Å². The normalized spacial score (nSPS) is 13.0. The molecule has 0 atom stereocenters. The summed E-state index contributed by atoms with van der Waals surface area (Å²) in [7, 11) is 0. The number of carbonyl (C=O) groups is 2. The van der Waals surface area contributed by atoms with E-state index in [0.29, 0.717) is 12.1 Å². The maximum absolute atomic E-state index is 13.7. The third-order valence-corrected chi connectivity index (χ3v) is 4.55. The van der Waals surface area contributed by atoms with Crippen LogP contribution >= 0.6 is 23.2 Å². The fourth-order valence-electron chi connectivity index (χ4n) is 2.64. The van der Waals surface area contributed by atoms with Crippen LogP contribution in [0.3, 0.4) is 0 Å². The van der Waals surface area contributed by atoms with Crippen molar-refractivity contribution >= 4 is 46.3 Å². The summed E-state index contributed by atoms with van der Waals surface area (Å²) in [6.07, 6.45) is -10.9. The summed E-state index contributed by atoms with van der Waals surface area (Å²) in [6.45, 7) is 4.78. The second-order valence-electron chi connectivity index (χ2n) is 7.97. The van der Waals surface area contributed by atoms with Crippen molar-refractivity contribution in [1.82, 2.24) is 0 Å². The molecule has 0 unspecified atom stereocenters. The monoisotopic (exact) mass is 527 g/mol. The van der Waals surface area contributed by atoms with Gasteiger partial charge in [-0.3, -0.25) is 10.1 Å². The molecule has 0 saturated heterocycles. The van der Waals surface area contributed by atoms with Crippen LogP contribution in [0.15, 0.2) is 42.5 Å². The SMILES string of the molecule is CC(C)(C)OC(=O)Nc1cc(C(=O)C=C(c2cc(Cl)cc(C(F)(F)F)c2)C(F)(F)F)ccc1Cl. The zero-order chi connectivity index (χ0) is 26.1. The largest absolute Gasteiger partial charge is 0.444 e. The summed E-state index contributed by atoms with van der Waals surface area (Å²) in [4.78, 5) is 24.6. The molecule has 0 aromatic heterocycles. The molecular formula is C22H17Cl2F6NO3. The summed E-state index contributed by atoms with van der Waals surface area (Å²) < 4.78 is 85.2. The van der Waals surface area contributed by atoms with Crippen LogP contribution in [0.1, 0.15) is 42.3 Å². The van der Waals surface area contributed by atoms with E-state index in [4.69, 9.17) is 27.9 Å². The van der Waals surface area contributed by atoms with Gasteiger partial charge in [-0.1, -0.05) is 23.2 Å². The molecule has 2 aromatic carbocycles. The smallest absolute Gasteiger partial charge is 0.417 e. The van der Waals surface area contributed by atoms with Crippen molar-refractivity contribution in [2.75, 3.05) is 5.32 Å². The topological polar surface area (TPSA) is 55.4 Å². The molecular weight excluding hydrogens is 511 g/mol. The Morgan fingerprint density at radius 2 is 1.53 bits per heavy atom. The molecule has 0 radical (unpaired) electrons. The van der Waals surface area contributed by atoms with Gasteiger partial charge in [-0.25, -0.2) is 4.79 Å². The lowest BCUT2D eigenvalue weighted by atomic mass is 9.99. The minimum atomic E-state index is -5.19. The average Bonchev–Trinajstić information content (AvgIpc) is 2.64. The Labute approximate surface area is 200 Å². The average molecular weight is 528 g/mol. The van der Waals surface area contributed by atoms with E-state index < -0.39 is 51.6 Å². The summed E-state index contributed by atoms with van der Waals surface area (Å²) in [5.41, 5.74) is -5.29. The zero-order valence-corrected chi connectivity index (χ0v) is 19.3. The van der Waals surface area contributed by atoms with Gasteiger partial charge in [0.2, 0.25) is 0 Å². The lowest BCUT2D eigenvalue weighted by Crippen LogP contribution is -2.27. The molecule has 0 bridgehead atoms. The lowest BCUT2D eigenvalue weighted by Gasteiger charge is -2.20. The Morgan fingerprint density at radius 3 is 2.06 bits per heavy atom. The number of ether oxygens (including phenoxy) is 1. The van der Waals surface area contributed by atoms with Crippen LogP contribution in [0.4, 0.5) is 36.8 Å². The van der Waals surface area contributed by atoms with E-state index in [0.717, 1.165) is 18.2 Å². The molecule has 12 heteroatoms. The first-order chi connectivity index (χ1) is 15.4. The molecule has 1 amide bonds. The van der Waals surface area contributed by atoms with Crippen LogP contribution in [0, 0.1) is 0 Å². The van der Waals surface area contributed by atoms with Gasteiger partial charge in [0.15, 0.2) is 5.78 Å². The summed E-state index contributed by atoms with van der Waals surface area (Å²) in [5, 5.41) is 1.65. The first-order valence-electron chi connectivity index (χ1n) is 9.38. The highest BCUT2D eigenvalue weighted by atomic mass is 35.5. The molecule has 2 rings (SSSR count). The first kappa shape index (κ1) is 27.5. The van der Waals surface area contributed by atoms with Gasteiger partial charge < -0.3 is 4.74 Å². The van der Waals surface area contributed by atoms with Crippen LogP contribution in [0.25, 0.3) is 5.57 Å². The Kier molecular flexibility index (Phi) is 7.99. The molecule has 0 spiro atoms. The van der Waals surface area contributed by atoms with Gasteiger partial charge in [0.1, 0.15) is 5.60 Å². The molecule has 0 aliphatic rings. The molecule has 2 aromatic rings. The quantitative estimate of drug-likeness (QED) is 0.247. The number of allylic oxidation sites excluding steroid dienone is 2. The number of anilines is 1. The van der Waals surface area contributed by atoms with Crippen molar-refractivity contribution in [3.63, 3.8) is 0 Å². The zero-order valence-electron chi connectivity index (χ0n) is 17.8. The number of hydrogen-bond acceptors (Lipinski definition) is 3. The second-order valence-corrected chi connectivity index (χ2v) is 8.81. The van der Waals surface area contributed by atoms with Gasteiger partial charge in [0.05, 0.1) is 21.8 Å². The number of ketones is 1.